The normalized spacial score (nSPS) is 20.0. The number of ether oxygens (including phenoxy) is 1. The van der Waals surface area contributed by atoms with E-state index in [9.17, 15) is 26.7 Å². The summed E-state index contributed by atoms with van der Waals surface area (Å²) in [6.07, 6.45) is 2.39. The lowest BCUT2D eigenvalue weighted by Gasteiger charge is -2.33. The van der Waals surface area contributed by atoms with E-state index in [1.807, 2.05) is 36.4 Å². The maximum Gasteiger partial charge on any atom is 0.410 e. The molecule has 2 heterocycles. The standard InChI is InChI=1S/C29H22F5NO2/c30-24-22(25(31)27(33)28(34)26(24)32)13-15-11-16-9-10-17(12-15)35(16)29(36)37-14-23-20-7-3-1-5-18(20)19-6-2-4-8-21(19)23/h1-8,11,16-17,23H,9-10,12-14H2. The zero-order chi connectivity index (χ0) is 25.8. The van der Waals surface area contributed by atoms with Crippen molar-refractivity contribution in [2.75, 3.05) is 6.61 Å². The van der Waals surface area contributed by atoms with Crippen molar-refractivity contribution in [3.05, 3.63) is 106 Å². The molecule has 3 nitrogen and oxygen atoms in total. The summed E-state index contributed by atoms with van der Waals surface area (Å²) in [6, 6.07) is 15.4. The lowest BCUT2D eigenvalue weighted by Crippen LogP contribution is -2.44. The second kappa shape index (κ2) is 9.01. The molecular formula is C29H22F5NO2. The van der Waals surface area contributed by atoms with Gasteiger partial charge >= 0.3 is 6.09 Å². The van der Waals surface area contributed by atoms with Crippen LogP contribution in [0.4, 0.5) is 26.7 Å². The Morgan fingerprint density at radius 3 is 1.97 bits per heavy atom. The summed E-state index contributed by atoms with van der Waals surface area (Å²) in [6.45, 7) is 0.171. The highest BCUT2D eigenvalue weighted by atomic mass is 19.2. The molecule has 2 unspecified atom stereocenters. The van der Waals surface area contributed by atoms with Crippen LogP contribution in [0.3, 0.4) is 0 Å². The number of benzene rings is 3. The molecule has 37 heavy (non-hydrogen) atoms. The van der Waals surface area contributed by atoms with Gasteiger partial charge in [-0.3, -0.25) is 4.90 Å². The summed E-state index contributed by atoms with van der Waals surface area (Å²) < 4.78 is 74.9. The number of carbonyl (C=O) groups excluding carboxylic acids is 1. The highest BCUT2D eigenvalue weighted by Gasteiger charge is 2.41. The molecule has 2 atom stereocenters. The van der Waals surface area contributed by atoms with Crippen LogP contribution in [0.15, 0.2) is 60.2 Å². The lowest BCUT2D eigenvalue weighted by molar-refractivity contribution is 0.0849. The average molecular weight is 511 g/mol. The molecule has 1 saturated heterocycles. The van der Waals surface area contributed by atoms with Crippen LogP contribution >= 0.6 is 0 Å². The van der Waals surface area contributed by atoms with Crippen LogP contribution in [0.5, 0.6) is 0 Å². The molecule has 0 radical (unpaired) electrons. The van der Waals surface area contributed by atoms with Crippen LogP contribution in [-0.4, -0.2) is 29.7 Å². The summed E-state index contributed by atoms with van der Waals surface area (Å²) in [5.41, 5.74) is 4.14. The van der Waals surface area contributed by atoms with Crippen molar-refractivity contribution in [1.29, 1.82) is 0 Å². The van der Waals surface area contributed by atoms with Gasteiger partial charge in [-0.25, -0.2) is 26.7 Å². The largest absolute Gasteiger partial charge is 0.448 e. The van der Waals surface area contributed by atoms with Crippen molar-refractivity contribution < 1.29 is 31.5 Å². The monoisotopic (exact) mass is 511 g/mol. The molecule has 8 heteroatoms. The Hall–Kier alpha value is -3.68. The molecule has 1 aliphatic carbocycles. The molecular weight excluding hydrogens is 489 g/mol. The van der Waals surface area contributed by atoms with Crippen LogP contribution in [0.25, 0.3) is 11.1 Å². The molecule has 3 aromatic rings. The molecule has 1 amide bonds. The number of carbonyl (C=O) groups is 1. The van der Waals surface area contributed by atoms with Crippen molar-refractivity contribution in [3.8, 4) is 11.1 Å². The highest BCUT2D eigenvalue weighted by Crippen LogP contribution is 2.45. The number of fused-ring (bicyclic) bond motifs is 5. The first-order valence-electron chi connectivity index (χ1n) is 12.2. The van der Waals surface area contributed by atoms with E-state index in [1.165, 1.54) is 0 Å². The second-order valence-electron chi connectivity index (χ2n) is 9.76. The van der Waals surface area contributed by atoms with Gasteiger partial charge in [0.1, 0.15) is 6.61 Å². The Labute approximate surface area is 210 Å². The van der Waals surface area contributed by atoms with Crippen molar-refractivity contribution in [1.82, 2.24) is 4.90 Å². The zero-order valence-electron chi connectivity index (χ0n) is 19.6. The van der Waals surface area contributed by atoms with Gasteiger partial charge in [0.15, 0.2) is 23.3 Å². The molecule has 2 bridgehead atoms. The fraction of sp³-hybridized carbons (Fsp3) is 0.276. The summed E-state index contributed by atoms with van der Waals surface area (Å²) in [5, 5.41) is 0. The summed E-state index contributed by atoms with van der Waals surface area (Å²) >= 11 is 0. The molecule has 3 aromatic carbocycles. The quantitative estimate of drug-likeness (QED) is 0.163. The van der Waals surface area contributed by atoms with Gasteiger partial charge in [0.25, 0.3) is 0 Å². The third kappa shape index (κ3) is 3.81. The smallest absolute Gasteiger partial charge is 0.410 e. The Balaban J connectivity index is 1.18. The van der Waals surface area contributed by atoms with Crippen LogP contribution in [-0.2, 0) is 11.2 Å². The number of hydrogen-bond donors (Lipinski definition) is 0. The molecule has 2 aliphatic heterocycles. The lowest BCUT2D eigenvalue weighted by atomic mass is 9.94. The van der Waals surface area contributed by atoms with Gasteiger partial charge in [-0.1, -0.05) is 60.2 Å². The van der Waals surface area contributed by atoms with Gasteiger partial charge in [0.05, 0.1) is 6.04 Å². The first-order chi connectivity index (χ1) is 17.8. The minimum absolute atomic E-state index is 0.0842. The van der Waals surface area contributed by atoms with Crippen molar-refractivity contribution in [2.24, 2.45) is 0 Å². The maximum atomic E-state index is 14.2. The van der Waals surface area contributed by atoms with Crippen LogP contribution in [0.2, 0.25) is 0 Å². The number of amides is 1. The summed E-state index contributed by atoms with van der Waals surface area (Å²) in [4.78, 5) is 14.8. The Bertz CT molecular complexity index is 1380. The SMILES string of the molecule is O=C(OCC1c2ccccc2-c2ccccc21)N1C2C=C(Cc3c(F)c(F)c(F)c(F)c3F)CC1CC2. The molecule has 0 spiro atoms. The zero-order valence-corrected chi connectivity index (χ0v) is 19.6. The van der Waals surface area contributed by atoms with Gasteiger partial charge in [0, 0.05) is 17.5 Å². The van der Waals surface area contributed by atoms with E-state index < -0.39 is 47.2 Å². The number of hydrogen-bond acceptors (Lipinski definition) is 2. The minimum atomic E-state index is -2.17. The summed E-state index contributed by atoms with van der Waals surface area (Å²) in [7, 11) is 0. The van der Waals surface area contributed by atoms with E-state index in [1.54, 1.807) is 11.0 Å². The predicted octanol–water partition coefficient (Wildman–Crippen LogP) is 7.04. The van der Waals surface area contributed by atoms with Crippen LogP contribution in [0.1, 0.15) is 41.9 Å². The fourth-order valence-corrected chi connectivity index (χ4v) is 6.04. The van der Waals surface area contributed by atoms with E-state index >= 15 is 0 Å². The topological polar surface area (TPSA) is 29.5 Å². The molecule has 0 saturated carbocycles. The molecule has 190 valence electrons. The van der Waals surface area contributed by atoms with E-state index in [0.29, 0.717) is 18.4 Å². The third-order valence-electron chi connectivity index (χ3n) is 7.72. The van der Waals surface area contributed by atoms with Gasteiger partial charge < -0.3 is 4.74 Å². The van der Waals surface area contributed by atoms with Gasteiger partial charge in [0.2, 0.25) is 5.82 Å². The Morgan fingerprint density at radius 2 is 1.38 bits per heavy atom. The third-order valence-corrected chi connectivity index (χ3v) is 7.72. The molecule has 0 N–H and O–H groups in total. The van der Waals surface area contributed by atoms with E-state index in [-0.39, 0.29) is 31.0 Å². The van der Waals surface area contributed by atoms with Crippen molar-refractivity contribution >= 4 is 6.09 Å². The Kier molecular flexibility index (Phi) is 5.77. The van der Waals surface area contributed by atoms with E-state index in [0.717, 1.165) is 22.3 Å². The maximum absolute atomic E-state index is 14.2. The number of rotatable bonds is 4. The fourth-order valence-electron chi connectivity index (χ4n) is 6.04. The number of nitrogens with zero attached hydrogens (tertiary/aromatic N) is 1. The van der Waals surface area contributed by atoms with Gasteiger partial charge in [-0.15, -0.1) is 0 Å². The van der Waals surface area contributed by atoms with Crippen LogP contribution < -0.4 is 0 Å². The highest BCUT2D eigenvalue weighted by molar-refractivity contribution is 5.79. The van der Waals surface area contributed by atoms with Gasteiger partial charge in [-0.2, -0.15) is 0 Å². The van der Waals surface area contributed by atoms with Crippen molar-refractivity contribution in [2.45, 2.75) is 43.7 Å². The molecule has 1 fully saturated rings. The predicted molar refractivity (Wildman–Crippen MR) is 126 cm³/mol. The van der Waals surface area contributed by atoms with Gasteiger partial charge in [-0.05, 0) is 47.9 Å². The summed E-state index contributed by atoms with van der Waals surface area (Å²) in [5.74, 6) is -9.79. The van der Waals surface area contributed by atoms with E-state index in [4.69, 9.17) is 4.74 Å². The Morgan fingerprint density at radius 1 is 0.811 bits per heavy atom. The number of halogens is 5. The molecule has 0 aromatic heterocycles. The average Bonchev–Trinajstić information content (AvgIpc) is 3.38. The minimum Gasteiger partial charge on any atom is -0.448 e. The second-order valence-corrected chi connectivity index (χ2v) is 9.76. The van der Waals surface area contributed by atoms with E-state index in [2.05, 4.69) is 12.1 Å². The first kappa shape index (κ1) is 23.7. The van der Waals surface area contributed by atoms with Crippen molar-refractivity contribution in [3.63, 3.8) is 0 Å². The van der Waals surface area contributed by atoms with Crippen LogP contribution in [0, 0.1) is 29.1 Å². The molecule has 3 aliphatic rings. The first-order valence-corrected chi connectivity index (χ1v) is 12.2. The molecule has 6 rings (SSSR count).